The largest absolute Gasteiger partial charge is 0.423 e. The van der Waals surface area contributed by atoms with Crippen LogP contribution in [-0.2, 0) is 11.2 Å². The lowest BCUT2D eigenvalue weighted by Gasteiger charge is -2.02. The zero-order valence-corrected chi connectivity index (χ0v) is 7.25. The number of aryl methyl sites for hydroxylation is 1. The lowest BCUT2D eigenvalue weighted by molar-refractivity contribution is -0.130. The Morgan fingerprint density at radius 3 is 2.54 bits per heavy atom. The second-order valence-electron chi connectivity index (χ2n) is 3.14. The minimum Gasteiger partial charge on any atom is -0.423 e. The van der Waals surface area contributed by atoms with E-state index in [-0.39, 0.29) is 5.97 Å². The second-order valence-corrected chi connectivity index (χ2v) is 3.14. The van der Waals surface area contributed by atoms with Gasteiger partial charge in [0.05, 0.1) is 0 Å². The van der Waals surface area contributed by atoms with Gasteiger partial charge in [-0.2, -0.15) is 0 Å². The van der Waals surface area contributed by atoms with Crippen LogP contribution in [0.2, 0.25) is 0 Å². The van der Waals surface area contributed by atoms with Crippen molar-refractivity contribution in [1.82, 2.24) is 0 Å². The van der Waals surface area contributed by atoms with Gasteiger partial charge in [0.2, 0.25) is 0 Å². The second kappa shape index (κ2) is 3.05. The maximum absolute atomic E-state index is 11.3. The first-order valence-electron chi connectivity index (χ1n) is 4.24. The average molecular weight is 174 g/mol. The van der Waals surface area contributed by atoms with Crippen LogP contribution in [0.15, 0.2) is 36.4 Å². The lowest BCUT2D eigenvalue weighted by atomic mass is 10.1. The molecule has 3 rings (SSSR count). The van der Waals surface area contributed by atoms with Crippen LogP contribution in [0.25, 0.3) is 0 Å². The molecule has 0 saturated heterocycles. The Balaban J connectivity index is 2.37. The summed E-state index contributed by atoms with van der Waals surface area (Å²) in [6.07, 6.45) is 1.53. The summed E-state index contributed by atoms with van der Waals surface area (Å²) in [4.78, 5) is 11.3. The minimum atomic E-state index is -0.313. The van der Waals surface area contributed by atoms with Crippen LogP contribution in [0.1, 0.15) is 12.0 Å². The molecule has 0 aromatic heterocycles. The van der Waals surface area contributed by atoms with Crippen molar-refractivity contribution < 1.29 is 9.53 Å². The van der Waals surface area contributed by atoms with Crippen LogP contribution >= 0.6 is 0 Å². The monoisotopic (exact) mass is 174 g/mol. The van der Waals surface area contributed by atoms with Crippen LogP contribution in [0.5, 0.6) is 5.75 Å². The first kappa shape index (κ1) is 8.05. The molecule has 13 heavy (non-hydrogen) atoms. The highest BCUT2D eigenvalue weighted by molar-refractivity contribution is 5.89. The minimum absolute atomic E-state index is 0.313. The maximum Gasteiger partial charge on any atom is 0.338 e. The summed E-state index contributed by atoms with van der Waals surface area (Å²) in [7, 11) is 0. The van der Waals surface area contributed by atoms with Gasteiger partial charge in [-0.25, -0.2) is 4.79 Å². The van der Waals surface area contributed by atoms with Crippen LogP contribution in [-0.4, -0.2) is 5.97 Å². The van der Waals surface area contributed by atoms with Gasteiger partial charge in [0.15, 0.2) is 0 Å². The number of hydrogen-bond donors (Lipinski definition) is 0. The highest BCUT2D eigenvalue weighted by Gasteiger charge is 2.12. The fraction of sp³-hybridized carbons (Fsp3) is 0.182. The summed E-state index contributed by atoms with van der Waals surface area (Å²) in [6, 6.07) is 7.57. The van der Waals surface area contributed by atoms with E-state index in [1.807, 2.05) is 24.3 Å². The van der Waals surface area contributed by atoms with E-state index in [9.17, 15) is 4.79 Å². The number of esters is 1. The van der Waals surface area contributed by atoms with Crippen LogP contribution in [0, 0.1) is 0 Å². The normalized spacial score (nSPS) is 16.0. The van der Waals surface area contributed by atoms with Gasteiger partial charge in [0, 0.05) is 5.57 Å². The van der Waals surface area contributed by atoms with Crippen molar-refractivity contribution in [2.45, 2.75) is 12.8 Å². The fourth-order valence-corrected chi connectivity index (χ4v) is 1.30. The maximum atomic E-state index is 11.3. The summed E-state index contributed by atoms with van der Waals surface area (Å²) in [6.45, 7) is 3.68. The average Bonchev–Trinajstić information content (AvgIpc) is 2.24. The Kier molecular flexibility index (Phi) is 1.89. The number of ether oxygens (including phenoxy) is 1. The van der Waals surface area contributed by atoms with Crippen LogP contribution in [0.4, 0.5) is 0 Å². The first-order chi connectivity index (χ1) is 6.25. The van der Waals surface area contributed by atoms with E-state index < -0.39 is 0 Å². The van der Waals surface area contributed by atoms with E-state index in [0.717, 1.165) is 6.42 Å². The van der Waals surface area contributed by atoms with Crippen LogP contribution < -0.4 is 4.74 Å². The van der Waals surface area contributed by atoms with E-state index in [4.69, 9.17) is 4.74 Å². The molecule has 0 saturated carbocycles. The van der Waals surface area contributed by atoms with E-state index in [0.29, 0.717) is 17.7 Å². The predicted molar refractivity (Wildman–Crippen MR) is 49.5 cm³/mol. The van der Waals surface area contributed by atoms with Crippen molar-refractivity contribution in [3.63, 3.8) is 0 Å². The Morgan fingerprint density at radius 1 is 1.15 bits per heavy atom. The predicted octanol–water partition coefficient (Wildman–Crippen LogP) is 2.09. The van der Waals surface area contributed by atoms with Crippen molar-refractivity contribution >= 4 is 5.97 Å². The molecule has 0 fully saturated rings. The molecule has 0 aliphatic carbocycles. The zero-order valence-electron chi connectivity index (χ0n) is 7.25. The summed E-state index contributed by atoms with van der Waals surface area (Å²) < 4.78 is 5.06. The fourth-order valence-electron chi connectivity index (χ4n) is 1.30. The van der Waals surface area contributed by atoms with Gasteiger partial charge in [-0.15, -0.1) is 0 Å². The molecule has 66 valence electrons. The number of carbonyl (C=O) groups is 1. The van der Waals surface area contributed by atoms with Gasteiger partial charge in [0.1, 0.15) is 5.75 Å². The molecule has 0 amide bonds. The van der Waals surface area contributed by atoms with Gasteiger partial charge >= 0.3 is 5.97 Å². The molecule has 2 aliphatic heterocycles. The number of rotatable bonds is 0. The Labute approximate surface area is 76.8 Å². The van der Waals surface area contributed by atoms with Gasteiger partial charge < -0.3 is 4.74 Å². The third-order valence-corrected chi connectivity index (χ3v) is 2.14. The molecule has 0 atom stereocenters. The highest BCUT2D eigenvalue weighted by Crippen LogP contribution is 2.19. The zero-order chi connectivity index (χ0) is 9.26. The van der Waals surface area contributed by atoms with Crippen molar-refractivity contribution in [3.8, 4) is 5.75 Å². The van der Waals surface area contributed by atoms with Crippen molar-refractivity contribution in [1.29, 1.82) is 0 Å². The van der Waals surface area contributed by atoms with Gasteiger partial charge in [-0.1, -0.05) is 18.7 Å². The number of hydrogen-bond acceptors (Lipinski definition) is 2. The molecule has 2 aliphatic rings. The molecule has 2 heteroatoms. The summed E-state index contributed by atoms with van der Waals surface area (Å²) >= 11 is 0. The van der Waals surface area contributed by atoms with Crippen molar-refractivity contribution in [3.05, 3.63) is 42.0 Å². The molecule has 0 unspecified atom stereocenters. The van der Waals surface area contributed by atoms with E-state index in [1.165, 1.54) is 5.56 Å². The molecule has 0 N–H and O–H groups in total. The Bertz CT molecular complexity index is 349. The van der Waals surface area contributed by atoms with E-state index in [1.54, 1.807) is 0 Å². The summed E-state index contributed by atoms with van der Waals surface area (Å²) in [5.41, 5.74) is 1.76. The SMILES string of the molecule is C=C1CCc2ccc(cc2)OC1=O. The molecule has 1 aromatic rings. The molecule has 1 aromatic carbocycles. The van der Waals surface area contributed by atoms with Crippen molar-refractivity contribution in [2.75, 3.05) is 0 Å². The quantitative estimate of drug-likeness (QED) is 0.342. The third kappa shape index (κ3) is 1.61. The standard InChI is InChI=1S/C11H10O2/c1-8-2-3-9-4-6-10(7-5-9)13-11(8)12/h4-7H,1-3H2. The highest BCUT2D eigenvalue weighted by atomic mass is 16.5. The number of benzene rings is 1. The molecule has 0 spiro atoms. The summed E-state index contributed by atoms with van der Waals surface area (Å²) in [5.74, 6) is 0.282. The smallest absolute Gasteiger partial charge is 0.338 e. The molecule has 0 radical (unpaired) electrons. The molecule has 2 nitrogen and oxygen atoms in total. The summed E-state index contributed by atoms with van der Waals surface area (Å²) in [5, 5.41) is 0. The van der Waals surface area contributed by atoms with Crippen molar-refractivity contribution in [2.24, 2.45) is 0 Å². The Hall–Kier alpha value is -1.57. The van der Waals surface area contributed by atoms with Gasteiger partial charge in [0.25, 0.3) is 0 Å². The molecular weight excluding hydrogens is 164 g/mol. The number of fused-ring (bicyclic) bond motifs is 6. The number of carbonyl (C=O) groups excluding carboxylic acids is 1. The Morgan fingerprint density at radius 2 is 1.85 bits per heavy atom. The lowest BCUT2D eigenvalue weighted by Crippen LogP contribution is -2.09. The van der Waals surface area contributed by atoms with E-state index in [2.05, 4.69) is 6.58 Å². The molecular formula is C11H10O2. The first-order valence-corrected chi connectivity index (χ1v) is 4.24. The van der Waals surface area contributed by atoms with Gasteiger partial charge in [-0.3, -0.25) is 0 Å². The van der Waals surface area contributed by atoms with Gasteiger partial charge in [-0.05, 0) is 30.5 Å². The molecule has 2 bridgehead atoms. The molecule has 2 heterocycles. The topological polar surface area (TPSA) is 26.3 Å². The van der Waals surface area contributed by atoms with Crippen LogP contribution in [0.3, 0.4) is 0 Å². The van der Waals surface area contributed by atoms with E-state index >= 15 is 0 Å². The third-order valence-electron chi connectivity index (χ3n) is 2.14.